The molecular formula is C20H14FN2O5S-. The Hall–Kier alpha value is -3.72. The van der Waals surface area contributed by atoms with Crippen molar-refractivity contribution in [3.8, 4) is 0 Å². The number of carboxylic acids is 1. The number of para-hydroxylation sites is 1. The zero-order chi connectivity index (χ0) is 21.0. The molecule has 29 heavy (non-hydrogen) atoms. The van der Waals surface area contributed by atoms with Crippen LogP contribution in [0.4, 0.5) is 15.8 Å². The van der Waals surface area contributed by atoms with Gasteiger partial charge in [0.05, 0.1) is 22.1 Å². The van der Waals surface area contributed by atoms with Gasteiger partial charge in [0.15, 0.2) is 0 Å². The Morgan fingerprint density at radius 3 is 2.28 bits per heavy atom. The van der Waals surface area contributed by atoms with E-state index in [0.717, 1.165) is 6.07 Å². The van der Waals surface area contributed by atoms with Crippen molar-refractivity contribution in [1.29, 1.82) is 0 Å². The Morgan fingerprint density at radius 1 is 0.897 bits per heavy atom. The highest BCUT2D eigenvalue weighted by molar-refractivity contribution is 7.92. The standard InChI is InChI=1S/C20H15FN2O5S/c21-14-8-10-15(11-9-14)22-19(24)17-6-1-2-7-18(17)23-29(27,28)16-5-3-4-13(12-16)20(25)26/h1-12,23H,(H,22,24)(H,25,26)/p-1. The topological polar surface area (TPSA) is 115 Å². The summed E-state index contributed by atoms with van der Waals surface area (Å²) in [6.07, 6.45) is 0. The van der Waals surface area contributed by atoms with E-state index in [0.29, 0.717) is 5.69 Å². The number of amides is 1. The second-order valence-corrected chi connectivity index (χ2v) is 7.61. The van der Waals surface area contributed by atoms with E-state index in [9.17, 15) is 27.5 Å². The zero-order valence-corrected chi connectivity index (χ0v) is 15.6. The van der Waals surface area contributed by atoms with Gasteiger partial charge in [-0.05, 0) is 54.1 Å². The number of carbonyl (C=O) groups is 2. The normalized spacial score (nSPS) is 10.9. The lowest BCUT2D eigenvalue weighted by Crippen LogP contribution is -2.23. The second kappa shape index (κ2) is 8.11. The molecule has 0 spiro atoms. The molecule has 0 heterocycles. The third kappa shape index (κ3) is 4.77. The average Bonchev–Trinajstić information content (AvgIpc) is 2.70. The van der Waals surface area contributed by atoms with E-state index >= 15 is 0 Å². The van der Waals surface area contributed by atoms with Crippen molar-refractivity contribution in [1.82, 2.24) is 0 Å². The Kier molecular flexibility index (Phi) is 5.60. The van der Waals surface area contributed by atoms with Crippen molar-refractivity contribution in [2.75, 3.05) is 10.0 Å². The van der Waals surface area contributed by atoms with E-state index in [1.54, 1.807) is 6.07 Å². The quantitative estimate of drug-likeness (QED) is 0.643. The summed E-state index contributed by atoms with van der Waals surface area (Å²) in [5.74, 6) is -2.59. The van der Waals surface area contributed by atoms with Crippen LogP contribution in [-0.4, -0.2) is 20.3 Å². The Balaban J connectivity index is 1.88. The van der Waals surface area contributed by atoms with Crippen molar-refractivity contribution in [2.45, 2.75) is 4.90 Å². The van der Waals surface area contributed by atoms with Crippen LogP contribution in [0.5, 0.6) is 0 Å². The highest BCUT2D eigenvalue weighted by Crippen LogP contribution is 2.22. The molecule has 9 heteroatoms. The summed E-state index contributed by atoms with van der Waals surface area (Å²) in [5.41, 5.74) is 0.0494. The largest absolute Gasteiger partial charge is 0.545 e. The van der Waals surface area contributed by atoms with Crippen LogP contribution in [0, 0.1) is 5.82 Å². The molecule has 0 fully saturated rings. The molecule has 0 aliphatic rings. The van der Waals surface area contributed by atoms with Crippen LogP contribution in [-0.2, 0) is 10.0 Å². The molecule has 3 aromatic rings. The minimum atomic E-state index is -4.17. The minimum Gasteiger partial charge on any atom is -0.545 e. The van der Waals surface area contributed by atoms with Gasteiger partial charge in [-0.2, -0.15) is 0 Å². The smallest absolute Gasteiger partial charge is 0.261 e. The van der Waals surface area contributed by atoms with Crippen LogP contribution >= 0.6 is 0 Å². The van der Waals surface area contributed by atoms with Crippen LogP contribution in [0.2, 0.25) is 0 Å². The van der Waals surface area contributed by atoms with Gasteiger partial charge in [0.1, 0.15) is 5.82 Å². The number of carboxylic acid groups (broad SMARTS) is 1. The first kappa shape index (κ1) is 20.0. The van der Waals surface area contributed by atoms with Crippen molar-refractivity contribution in [3.05, 3.63) is 89.7 Å². The number of benzene rings is 3. The third-order valence-electron chi connectivity index (χ3n) is 3.90. The van der Waals surface area contributed by atoms with E-state index < -0.39 is 27.7 Å². The molecule has 0 atom stereocenters. The van der Waals surface area contributed by atoms with Gasteiger partial charge in [-0.15, -0.1) is 0 Å². The van der Waals surface area contributed by atoms with Crippen LogP contribution in [0.15, 0.2) is 77.7 Å². The van der Waals surface area contributed by atoms with Crippen LogP contribution < -0.4 is 15.1 Å². The van der Waals surface area contributed by atoms with Gasteiger partial charge in [-0.1, -0.05) is 24.3 Å². The maximum atomic E-state index is 13.0. The molecule has 0 saturated heterocycles. The summed E-state index contributed by atoms with van der Waals surface area (Å²) >= 11 is 0. The van der Waals surface area contributed by atoms with E-state index in [1.165, 1.54) is 60.7 Å². The number of rotatable bonds is 6. The number of halogens is 1. The number of hydrogen-bond acceptors (Lipinski definition) is 5. The van der Waals surface area contributed by atoms with Crippen molar-refractivity contribution < 1.29 is 27.5 Å². The van der Waals surface area contributed by atoms with Gasteiger partial charge in [0, 0.05) is 5.69 Å². The highest BCUT2D eigenvalue weighted by Gasteiger charge is 2.19. The molecule has 0 bridgehead atoms. The van der Waals surface area contributed by atoms with Gasteiger partial charge in [-0.3, -0.25) is 9.52 Å². The van der Waals surface area contributed by atoms with E-state index in [-0.39, 0.29) is 21.7 Å². The maximum Gasteiger partial charge on any atom is 0.261 e. The molecule has 148 valence electrons. The fourth-order valence-corrected chi connectivity index (χ4v) is 3.62. The number of hydrogen-bond donors (Lipinski definition) is 2. The summed E-state index contributed by atoms with van der Waals surface area (Å²) in [5, 5.41) is 13.5. The van der Waals surface area contributed by atoms with Gasteiger partial charge < -0.3 is 15.2 Å². The summed E-state index contributed by atoms with van der Waals surface area (Å²) in [6.45, 7) is 0. The lowest BCUT2D eigenvalue weighted by atomic mass is 10.1. The molecule has 0 saturated carbocycles. The van der Waals surface area contributed by atoms with Crippen molar-refractivity contribution in [3.63, 3.8) is 0 Å². The van der Waals surface area contributed by atoms with E-state index in [4.69, 9.17) is 0 Å². The average molecular weight is 413 g/mol. The lowest BCUT2D eigenvalue weighted by Gasteiger charge is -2.13. The van der Waals surface area contributed by atoms with Crippen LogP contribution in [0.3, 0.4) is 0 Å². The molecule has 7 nitrogen and oxygen atoms in total. The first-order valence-electron chi connectivity index (χ1n) is 8.26. The van der Waals surface area contributed by atoms with Gasteiger partial charge >= 0.3 is 0 Å². The summed E-state index contributed by atoms with van der Waals surface area (Å²) in [7, 11) is -4.17. The zero-order valence-electron chi connectivity index (χ0n) is 14.8. The van der Waals surface area contributed by atoms with Crippen molar-refractivity contribution >= 4 is 33.3 Å². The van der Waals surface area contributed by atoms with Gasteiger partial charge in [-0.25, -0.2) is 12.8 Å². The Labute approximate surface area is 165 Å². The number of sulfonamides is 1. The van der Waals surface area contributed by atoms with Crippen LogP contribution in [0.25, 0.3) is 0 Å². The minimum absolute atomic E-state index is 0.00837. The molecule has 1 amide bonds. The molecule has 0 aliphatic carbocycles. The predicted octanol–water partition coefficient (Wildman–Crippen LogP) is 2.24. The second-order valence-electron chi connectivity index (χ2n) is 5.93. The number of carbonyl (C=O) groups excluding carboxylic acids is 2. The van der Waals surface area contributed by atoms with Gasteiger partial charge in [0.2, 0.25) is 0 Å². The summed E-state index contributed by atoms with van der Waals surface area (Å²) in [6, 6.07) is 15.6. The van der Waals surface area contributed by atoms with E-state index in [1.807, 2.05) is 0 Å². The fraction of sp³-hybridized carbons (Fsp3) is 0. The Bertz CT molecular complexity index is 1180. The molecule has 0 radical (unpaired) electrons. The molecule has 3 aromatic carbocycles. The molecule has 3 rings (SSSR count). The molecule has 2 N–H and O–H groups in total. The number of nitrogens with one attached hydrogen (secondary N) is 2. The maximum absolute atomic E-state index is 13.0. The van der Waals surface area contributed by atoms with Gasteiger partial charge in [0.25, 0.3) is 15.9 Å². The lowest BCUT2D eigenvalue weighted by molar-refractivity contribution is -0.255. The first-order chi connectivity index (χ1) is 13.8. The number of aromatic carboxylic acids is 1. The molecule has 0 aliphatic heterocycles. The first-order valence-corrected chi connectivity index (χ1v) is 9.75. The fourth-order valence-electron chi connectivity index (χ4n) is 2.50. The monoisotopic (exact) mass is 413 g/mol. The molecule has 0 aromatic heterocycles. The number of anilines is 2. The Morgan fingerprint density at radius 2 is 1.59 bits per heavy atom. The van der Waals surface area contributed by atoms with Crippen LogP contribution in [0.1, 0.15) is 20.7 Å². The third-order valence-corrected chi connectivity index (χ3v) is 5.26. The summed E-state index contributed by atoms with van der Waals surface area (Å²) in [4.78, 5) is 23.2. The predicted molar refractivity (Wildman–Crippen MR) is 102 cm³/mol. The highest BCUT2D eigenvalue weighted by atomic mass is 32.2. The summed E-state index contributed by atoms with van der Waals surface area (Å²) < 4.78 is 40.6. The molecule has 0 unspecified atom stereocenters. The SMILES string of the molecule is O=C([O-])c1cccc(S(=O)(=O)Nc2ccccc2C(=O)Nc2ccc(F)cc2)c1. The molecular weight excluding hydrogens is 399 g/mol. The van der Waals surface area contributed by atoms with E-state index in [2.05, 4.69) is 10.0 Å². The van der Waals surface area contributed by atoms with Crippen molar-refractivity contribution in [2.24, 2.45) is 0 Å².